The van der Waals surface area contributed by atoms with Gasteiger partial charge in [0.2, 0.25) is 0 Å². The zero-order valence-corrected chi connectivity index (χ0v) is 20.5. The number of hydrogen-bond donors (Lipinski definition) is 0. The van der Waals surface area contributed by atoms with Crippen molar-refractivity contribution in [2.45, 2.75) is 84.5 Å². The molecule has 5 heteroatoms. The van der Waals surface area contributed by atoms with Gasteiger partial charge in [0.1, 0.15) is 5.82 Å². The SMILES string of the molecule is CC[Si](CC)(CC)OC(CCC1C[C@@H]2[C@H](C1)C2(C)C)c1c(Cl)cc(F)cc1Cl. The van der Waals surface area contributed by atoms with Gasteiger partial charge in [-0.05, 0) is 79.1 Å². The van der Waals surface area contributed by atoms with Gasteiger partial charge in [0.25, 0.3) is 0 Å². The Hall–Kier alpha value is -0.0931. The van der Waals surface area contributed by atoms with Crippen LogP contribution >= 0.6 is 23.2 Å². The van der Waals surface area contributed by atoms with Crippen LogP contribution in [0.25, 0.3) is 0 Å². The summed E-state index contributed by atoms with van der Waals surface area (Å²) >= 11 is 12.9. The van der Waals surface area contributed by atoms with E-state index in [4.69, 9.17) is 27.6 Å². The molecule has 0 N–H and O–H groups in total. The van der Waals surface area contributed by atoms with Crippen LogP contribution in [-0.2, 0) is 4.43 Å². The highest BCUT2D eigenvalue weighted by molar-refractivity contribution is 6.73. The molecule has 0 bridgehead atoms. The van der Waals surface area contributed by atoms with Gasteiger partial charge in [-0.2, -0.15) is 0 Å². The van der Waals surface area contributed by atoms with Crippen LogP contribution in [0.3, 0.4) is 0 Å². The molecule has 28 heavy (non-hydrogen) atoms. The van der Waals surface area contributed by atoms with Crippen LogP contribution in [0.4, 0.5) is 4.39 Å². The Morgan fingerprint density at radius 1 is 1.07 bits per heavy atom. The molecule has 0 aromatic heterocycles. The van der Waals surface area contributed by atoms with Gasteiger partial charge < -0.3 is 4.43 Å². The maximum atomic E-state index is 13.8. The third-order valence-corrected chi connectivity index (χ3v) is 13.3. The van der Waals surface area contributed by atoms with Gasteiger partial charge in [0.05, 0.1) is 16.1 Å². The van der Waals surface area contributed by atoms with Gasteiger partial charge in [-0.1, -0.05) is 57.8 Å². The summed E-state index contributed by atoms with van der Waals surface area (Å²) in [6, 6.07) is 5.98. The minimum Gasteiger partial charge on any atom is -0.410 e. The Bertz CT molecular complexity index is 659. The van der Waals surface area contributed by atoms with Crippen LogP contribution in [0.15, 0.2) is 12.1 Å². The second-order valence-corrected chi connectivity index (χ2v) is 15.1. The molecule has 2 unspecified atom stereocenters. The molecule has 0 spiro atoms. The molecule has 0 aliphatic heterocycles. The monoisotopic (exact) mass is 444 g/mol. The van der Waals surface area contributed by atoms with Crippen molar-refractivity contribution < 1.29 is 8.82 Å². The number of benzene rings is 1. The molecule has 2 aliphatic carbocycles. The zero-order valence-electron chi connectivity index (χ0n) is 18.0. The maximum absolute atomic E-state index is 13.8. The summed E-state index contributed by atoms with van der Waals surface area (Å²) in [5.74, 6) is 2.20. The average Bonchev–Trinajstić information content (AvgIpc) is 2.99. The van der Waals surface area contributed by atoms with Gasteiger partial charge in [-0.15, -0.1) is 0 Å². The first kappa shape index (κ1) is 22.6. The van der Waals surface area contributed by atoms with E-state index in [1.165, 1.54) is 25.0 Å². The first-order chi connectivity index (χ1) is 13.2. The quantitative estimate of drug-likeness (QED) is 0.346. The highest BCUT2D eigenvalue weighted by atomic mass is 35.5. The smallest absolute Gasteiger partial charge is 0.192 e. The third kappa shape index (κ3) is 4.33. The summed E-state index contributed by atoms with van der Waals surface area (Å²) in [6.07, 6.45) is 4.61. The Kier molecular flexibility index (Phi) is 6.91. The molecule has 3 rings (SSSR count). The Morgan fingerprint density at radius 2 is 1.57 bits per heavy atom. The average molecular weight is 446 g/mol. The fraction of sp³-hybridized carbons (Fsp3) is 0.739. The molecular weight excluding hydrogens is 410 g/mol. The minimum atomic E-state index is -1.84. The van der Waals surface area contributed by atoms with Crippen LogP contribution in [0.2, 0.25) is 28.2 Å². The van der Waals surface area contributed by atoms with Gasteiger partial charge in [0.15, 0.2) is 8.32 Å². The molecule has 1 nitrogen and oxygen atoms in total. The molecule has 1 aromatic rings. The number of hydrogen-bond acceptors (Lipinski definition) is 1. The lowest BCUT2D eigenvalue weighted by molar-refractivity contribution is 0.165. The predicted octanol–water partition coefficient (Wildman–Crippen LogP) is 8.66. The summed E-state index contributed by atoms with van der Waals surface area (Å²) in [7, 11) is -1.84. The Balaban J connectivity index is 1.77. The Morgan fingerprint density at radius 3 is 2.04 bits per heavy atom. The molecule has 158 valence electrons. The second kappa shape index (κ2) is 8.57. The zero-order chi connectivity index (χ0) is 20.7. The fourth-order valence-electron chi connectivity index (χ4n) is 5.66. The topological polar surface area (TPSA) is 9.23 Å². The van der Waals surface area contributed by atoms with Crippen LogP contribution in [-0.4, -0.2) is 8.32 Å². The maximum Gasteiger partial charge on any atom is 0.192 e. The summed E-state index contributed by atoms with van der Waals surface area (Å²) in [5.41, 5.74) is 1.35. The first-order valence-corrected chi connectivity index (χ1v) is 14.3. The van der Waals surface area contributed by atoms with E-state index in [9.17, 15) is 4.39 Å². The molecule has 2 fully saturated rings. The van der Waals surface area contributed by atoms with Gasteiger partial charge in [0, 0.05) is 5.56 Å². The van der Waals surface area contributed by atoms with E-state index in [-0.39, 0.29) is 11.9 Å². The molecule has 0 radical (unpaired) electrons. The van der Waals surface area contributed by atoms with Crippen molar-refractivity contribution in [3.05, 3.63) is 33.6 Å². The van der Waals surface area contributed by atoms with E-state index in [0.717, 1.165) is 54.3 Å². The lowest BCUT2D eigenvalue weighted by Crippen LogP contribution is -2.37. The standard InChI is InChI=1S/C23H35Cl2FOSi/c1-6-28(7-2,8-3)27-21(22-19(24)13-16(26)14-20(22)25)10-9-15-11-17-18(12-15)23(17,4)5/h13-15,17-18,21H,6-12H2,1-5H3/t15?,17-,18+,21?. The van der Waals surface area contributed by atoms with Crippen molar-refractivity contribution >= 4 is 31.5 Å². The van der Waals surface area contributed by atoms with Crippen molar-refractivity contribution in [1.82, 2.24) is 0 Å². The van der Waals surface area contributed by atoms with Crippen LogP contribution in [0.1, 0.15) is 72.0 Å². The highest BCUT2D eigenvalue weighted by Gasteiger charge is 2.61. The van der Waals surface area contributed by atoms with Crippen molar-refractivity contribution in [3.8, 4) is 0 Å². The summed E-state index contributed by atoms with van der Waals surface area (Å²) in [6.45, 7) is 11.5. The molecule has 0 saturated heterocycles. The molecule has 1 aromatic carbocycles. The van der Waals surface area contributed by atoms with Crippen molar-refractivity contribution in [2.75, 3.05) is 0 Å². The van der Waals surface area contributed by atoms with E-state index in [2.05, 4.69) is 34.6 Å². The van der Waals surface area contributed by atoms with Crippen molar-refractivity contribution in [1.29, 1.82) is 0 Å². The summed E-state index contributed by atoms with van der Waals surface area (Å²) < 4.78 is 20.6. The highest BCUT2D eigenvalue weighted by Crippen LogP contribution is 2.68. The largest absolute Gasteiger partial charge is 0.410 e. The van der Waals surface area contributed by atoms with E-state index in [0.29, 0.717) is 15.5 Å². The second-order valence-electron chi connectivity index (χ2n) is 9.58. The lowest BCUT2D eigenvalue weighted by Gasteiger charge is -2.35. The van der Waals surface area contributed by atoms with E-state index in [1.54, 1.807) is 0 Å². The van der Waals surface area contributed by atoms with Crippen LogP contribution in [0.5, 0.6) is 0 Å². The Labute approximate surface area is 181 Å². The van der Waals surface area contributed by atoms with Crippen molar-refractivity contribution in [3.63, 3.8) is 0 Å². The normalized spacial score (nSPS) is 26.9. The van der Waals surface area contributed by atoms with E-state index < -0.39 is 8.32 Å². The fourth-order valence-corrected chi connectivity index (χ4v) is 9.20. The van der Waals surface area contributed by atoms with E-state index in [1.807, 2.05) is 0 Å². The van der Waals surface area contributed by atoms with Gasteiger partial charge in [-0.25, -0.2) is 4.39 Å². The number of rotatable bonds is 9. The molecule has 2 aliphatic rings. The molecule has 0 heterocycles. The van der Waals surface area contributed by atoms with E-state index >= 15 is 0 Å². The molecule has 2 saturated carbocycles. The molecule has 0 amide bonds. The number of halogens is 3. The van der Waals surface area contributed by atoms with Gasteiger partial charge >= 0.3 is 0 Å². The predicted molar refractivity (Wildman–Crippen MR) is 120 cm³/mol. The van der Waals surface area contributed by atoms with Crippen molar-refractivity contribution in [2.24, 2.45) is 23.2 Å². The molecule has 4 atom stereocenters. The lowest BCUT2D eigenvalue weighted by atomic mass is 9.88. The number of fused-ring (bicyclic) bond motifs is 1. The summed E-state index contributed by atoms with van der Waals surface area (Å²) in [4.78, 5) is 0. The van der Waals surface area contributed by atoms with Crippen LogP contribution < -0.4 is 0 Å². The first-order valence-electron chi connectivity index (χ1n) is 11.0. The third-order valence-electron chi connectivity index (χ3n) is 7.99. The summed E-state index contributed by atoms with van der Waals surface area (Å²) in [5, 5.41) is 0.799. The molecular formula is C23H35Cl2FOSi. The van der Waals surface area contributed by atoms with Crippen LogP contribution in [0, 0.1) is 29.0 Å². The van der Waals surface area contributed by atoms with Gasteiger partial charge in [-0.3, -0.25) is 0 Å². The minimum absolute atomic E-state index is 0.128.